The number of benzene rings is 1. The van der Waals surface area contributed by atoms with Crippen molar-refractivity contribution in [3.63, 3.8) is 0 Å². The Morgan fingerprint density at radius 1 is 1.53 bits per heavy atom. The number of carbonyl (C=O) groups is 1. The monoisotopic (exact) mass is 208 g/mol. The summed E-state index contributed by atoms with van der Waals surface area (Å²) >= 11 is 0. The SMILES string of the molecule is CN1C(=O)CC(N)C1c1cccc(F)c1. The van der Waals surface area contributed by atoms with Crippen LogP contribution in [-0.2, 0) is 4.79 Å². The Morgan fingerprint density at radius 2 is 2.27 bits per heavy atom. The second-order valence-electron chi connectivity index (χ2n) is 3.87. The van der Waals surface area contributed by atoms with Crippen molar-refractivity contribution in [3.05, 3.63) is 35.6 Å². The van der Waals surface area contributed by atoms with Crippen LogP contribution in [0.15, 0.2) is 24.3 Å². The van der Waals surface area contributed by atoms with Gasteiger partial charge >= 0.3 is 0 Å². The maximum Gasteiger partial charge on any atom is 0.224 e. The molecule has 1 heterocycles. The van der Waals surface area contributed by atoms with E-state index in [2.05, 4.69) is 0 Å². The smallest absolute Gasteiger partial charge is 0.224 e. The molecule has 4 heteroatoms. The van der Waals surface area contributed by atoms with Crippen LogP contribution >= 0.6 is 0 Å². The number of hydrogen-bond acceptors (Lipinski definition) is 2. The molecule has 0 bridgehead atoms. The van der Waals surface area contributed by atoms with E-state index in [1.54, 1.807) is 24.1 Å². The van der Waals surface area contributed by atoms with Crippen molar-refractivity contribution in [2.24, 2.45) is 5.73 Å². The molecule has 1 fully saturated rings. The molecule has 0 radical (unpaired) electrons. The first kappa shape index (κ1) is 10.1. The molecule has 1 saturated heterocycles. The van der Waals surface area contributed by atoms with Gasteiger partial charge in [0, 0.05) is 19.5 Å². The lowest BCUT2D eigenvalue weighted by atomic mass is 10.0. The topological polar surface area (TPSA) is 46.3 Å². The van der Waals surface area contributed by atoms with Crippen molar-refractivity contribution in [1.29, 1.82) is 0 Å². The van der Waals surface area contributed by atoms with Gasteiger partial charge in [-0.3, -0.25) is 4.79 Å². The molecule has 3 nitrogen and oxygen atoms in total. The van der Waals surface area contributed by atoms with Gasteiger partial charge in [0.2, 0.25) is 5.91 Å². The van der Waals surface area contributed by atoms with Gasteiger partial charge in [0.25, 0.3) is 0 Å². The zero-order chi connectivity index (χ0) is 11.0. The van der Waals surface area contributed by atoms with Crippen LogP contribution < -0.4 is 5.73 Å². The highest BCUT2D eigenvalue weighted by Crippen LogP contribution is 2.30. The summed E-state index contributed by atoms with van der Waals surface area (Å²) in [6.07, 6.45) is 0.331. The Morgan fingerprint density at radius 3 is 2.80 bits per heavy atom. The van der Waals surface area contributed by atoms with E-state index in [1.165, 1.54) is 12.1 Å². The van der Waals surface area contributed by atoms with Crippen LogP contribution in [0.1, 0.15) is 18.0 Å². The molecular weight excluding hydrogens is 195 g/mol. The number of amides is 1. The Hall–Kier alpha value is -1.42. The molecule has 0 aromatic heterocycles. The van der Waals surface area contributed by atoms with E-state index >= 15 is 0 Å². The quantitative estimate of drug-likeness (QED) is 0.750. The molecule has 0 saturated carbocycles. The molecule has 2 unspecified atom stereocenters. The maximum atomic E-state index is 13.0. The van der Waals surface area contributed by atoms with Crippen molar-refractivity contribution in [2.45, 2.75) is 18.5 Å². The van der Waals surface area contributed by atoms with Gasteiger partial charge < -0.3 is 10.6 Å². The van der Waals surface area contributed by atoms with E-state index in [-0.39, 0.29) is 23.8 Å². The number of nitrogens with two attached hydrogens (primary N) is 1. The standard InChI is InChI=1S/C11H13FN2O/c1-14-10(15)6-9(13)11(14)7-3-2-4-8(12)5-7/h2-5,9,11H,6,13H2,1H3. The Bertz CT molecular complexity index is 394. The molecule has 1 amide bonds. The van der Waals surface area contributed by atoms with Crippen molar-refractivity contribution in [1.82, 2.24) is 4.90 Å². The van der Waals surface area contributed by atoms with E-state index in [0.29, 0.717) is 6.42 Å². The van der Waals surface area contributed by atoms with E-state index in [0.717, 1.165) is 5.56 Å². The van der Waals surface area contributed by atoms with Gasteiger partial charge in [-0.2, -0.15) is 0 Å². The van der Waals surface area contributed by atoms with Gasteiger partial charge in [-0.05, 0) is 17.7 Å². The fourth-order valence-corrected chi connectivity index (χ4v) is 2.06. The highest BCUT2D eigenvalue weighted by atomic mass is 19.1. The average Bonchev–Trinajstić information content (AvgIpc) is 2.41. The maximum absolute atomic E-state index is 13.0. The minimum atomic E-state index is -0.299. The van der Waals surface area contributed by atoms with Crippen LogP contribution in [0.25, 0.3) is 0 Å². The Balaban J connectivity index is 2.34. The first-order chi connectivity index (χ1) is 7.09. The normalized spacial score (nSPS) is 26.1. The largest absolute Gasteiger partial charge is 0.337 e. The third-order valence-electron chi connectivity index (χ3n) is 2.82. The Labute approximate surface area is 87.7 Å². The molecule has 0 aliphatic carbocycles. The van der Waals surface area contributed by atoms with Crippen LogP contribution in [0.4, 0.5) is 4.39 Å². The van der Waals surface area contributed by atoms with E-state index in [4.69, 9.17) is 5.73 Å². The summed E-state index contributed by atoms with van der Waals surface area (Å²) in [6, 6.07) is 5.79. The molecular formula is C11H13FN2O. The summed E-state index contributed by atoms with van der Waals surface area (Å²) in [6.45, 7) is 0. The van der Waals surface area contributed by atoms with Crippen molar-refractivity contribution in [2.75, 3.05) is 7.05 Å². The minimum absolute atomic E-state index is 0.0109. The summed E-state index contributed by atoms with van der Waals surface area (Å²) in [5, 5.41) is 0. The number of rotatable bonds is 1. The van der Waals surface area contributed by atoms with Gasteiger partial charge in [-0.1, -0.05) is 12.1 Å². The van der Waals surface area contributed by atoms with Crippen LogP contribution in [0, 0.1) is 5.82 Å². The zero-order valence-corrected chi connectivity index (χ0v) is 8.48. The Kier molecular flexibility index (Phi) is 2.44. The molecule has 1 aliphatic heterocycles. The van der Waals surface area contributed by atoms with Crippen molar-refractivity contribution in [3.8, 4) is 0 Å². The average molecular weight is 208 g/mol. The first-order valence-electron chi connectivity index (χ1n) is 4.86. The third kappa shape index (κ3) is 1.72. The number of carbonyl (C=O) groups excluding carboxylic acids is 1. The van der Waals surface area contributed by atoms with Crippen molar-refractivity contribution >= 4 is 5.91 Å². The highest BCUT2D eigenvalue weighted by Gasteiger charge is 2.36. The van der Waals surface area contributed by atoms with Crippen molar-refractivity contribution < 1.29 is 9.18 Å². The molecule has 1 aromatic rings. The minimum Gasteiger partial charge on any atom is -0.337 e. The molecule has 15 heavy (non-hydrogen) atoms. The molecule has 2 rings (SSSR count). The highest BCUT2D eigenvalue weighted by molar-refractivity contribution is 5.80. The summed E-state index contributed by atoms with van der Waals surface area (Å²) < 4.78 is 13.0. The lowest BCUT2D eigenvalue weighted by Gasteiger charge is -2.23. The molecule has 2 N–H and O–H groups in total. The number of halogens is 1. The predicted molar refractivity (Wildman–Crippen MR) is 54.5 cm³/mol. The van der Waals surface area contributed by atoms with Gasteiger partial charge in [-0.25, -0.2) is 4.39 Å². The van der Waals surface area contributed by atoms with E-state index in [1.807, 2.05) is 0 Å². The number of hydrogen-bond donors (Lipinski definition) is 1. The number of likely N-dealkylation sites (tertiary alicyclic amines) is 1. The van der Waals surface area contributed by atoms with Gasteiger partial charge in [0.15, 0.2) is 0 Å². The van der Waals surface area contributed by atoms with Gasteiger partial charge in [-0.15, -0.1) is 0 Å². The number of nitrogens with zero attached hydrogens (tertiary/aromatic N) is 1. The van der Waals surface area contributed by atoms with E-state index < -0.39 is 0 Å². The second kappa shape index (κ2) is 3.62. The summed E-state index contributed by atoms with van der Waals surface area (Å²) in [5.74, 6) is -0.288. The zero-order valence-electron chi connectivity index (χ0n) is 8.48. The summed E-state index contributed by atoms with van der Waals surface area (Å²) in [4.78, 5) is 13.0. The first-order valence-corrected chi connectivity index (χ1v) is 4.86. The fourth-order valence-electron chi connectivity index (χ4n) is 2.06. The van der Waals surface area contributed by atoms with E-state index in [9.17, 15) is 9.18 Å². The summed E-state index contributed by atoms with van der Waals surface area (Å²) in [7, 11) is 1.70. The lowest BCUT2D eigenvalue weighted by Crippen LogP contribution is -2.30. The molecule has 0 spiro atoms. The molecule has 2 atom stereocenters. The third-order valence-corrected chi connectivity index (χ3v) is 2.82. The van der Waals surface area contributed by atoms with Gasteiger partial charge in [0.05, 0.1) is 6.04 Å². The number of likely N-dealkylation sites (N-methyl/N-ethyl adjacent to an activating group) is 1. The predicted octanol–water partition coefficient (Wildman–Crippen LogP) is 1.06. The second-order valence-corrected chi connectivity index (χ2v) is 3.87. The molecule has 80 valence electrons. The van der Waals surface area contributed by atoms with Crippen LogP contribution in [0.2, 0.25) is 0 Å². The fraction of sp³-hybridized carbons (Fsp3) is 0.364. The van der Waals surface area contributed by atoms with Crippen LogP contribution in [-0.4, -0.2) is 23.9 Å². The van der Waals surface area contributed by atoms with Crippen LogP contribution in [0.5, 0.6) is 0 Å². The van der Waals surface area contributed by atoms with Crippen LogP contribution in [0.3, 0.4) is 0 Å². The molecule has 1 aliphatic rings. The lowest BCUT2D eigenvalue weighted by molar-refractivity contribution is -0.127. The molecule has 1 aromatic carbocycles. The van der Waals surface area contributed by atoms with Gasteiger partial charge in [0.1, 0.15) is 5.82 Å². The summed E-state index contributed by atoms with van der Waals surface area (Å²) in [5.41, 5.74) is 6.62.